The first-order valence-electron chi connectivity index (χ1n) is 14.3. The van der Waals surface area contributed by atoms with E-state index in [-0.39, 0.29) is 13.0 Å². The number of carbonyl (C=O) groups excluding carboxylic acids is 3. The van der Waals surface area contributed by atoms with E-state index in [9.17, 15) is 24.3 Å². The molecule has 5 rings (SSSR count). The summed E-state index contributed by atoms with van der Waals surface area (Å²) >= 11 is 1.46. The number of amides is 4. The van der Waals surface area contributed by atoms with Gasteiger partial charge in [-0.2, -0.15) is 17.0 Å². The van der Waals surface area contributed by atoms with E-state index in [4.69, 9.17) is 5.26 Å². The SMILES string of the molecule is CSCCC(NC(=O)CN1C(=O)N(Cc2cncn2Cc2ccc(C#N)cc2)C(=O)C1(C)c1cccc2ccccc12)C(=O)O. The van der Waals surface area contributed by atoms with E-state index in [1.165, 1.54) is 16.7 Å². The van der Waals surface area contributed by atoms with E-state index in [1.807, 2.05) is 53.3 Å². The maximum absolute atomic E-state index is 14.4. The number of thioether (sulfide) groups is 1. The number of carbonyl (C=O) groups is 4. The molecule has 0 aliphatic carbocycles. The molecule has 4 amide bonds. The molecule has 1 saturated heterocycles. The average molecular weight is 625 g/mol. The van der Waals surface area contributed by atoms with E-state index in [2.05, 4.69) is 16.4 Å². The largest absolute Gasteiger partial charge is 0.480 e. The molecule has 2 heterocycles. The third kappa shape index (κ3) is 6.25. The van der Waals surface area contributed by atoms with Crippen LogP contribution in [0.25, 0.3) is 10.8 Å². The van der Waals surface area contributed by atoms with Crippen LogP contribution in [0.4, 0.5) is 4.79 Å². The van der Waals surface area contributed by atoms with Crippen molar-refractivity contribution in [1.29, 1.82) is 5.26 Å². The van der Waals surface area contributed by atoms with E-state index < -0.39 is 41.9 Å². The number of urea groups is 1. The number of hydrogen-bond donors (Lipinski definition) is 2. The Balaban J connectivity index is 1.48. The Hall–Kier alpha value is -5.15. The van der Waals surface area contributed by atoms with Crippen molar-refractivity contribution < 1.29 is 24.3 Å². The van der Waals surface area contributed by atoms with Gasteiger partial charge in [-0.25, -0.2) is 14.6 Å². The standard InChI is InChI=1S/C33H32N6O5S/c1-33(27-9-5-7-24-6-3-4-8-26(24)27)31(43)38(32(44)39(33)20-29(40)36-28(30(41)42)14-15-45-2)19-25-17-35-21-37(25)18-23-12-10-22(16-34)11-13-23/h3-13,17,21,28H,14-15,18-20H2,1-2H3,(H,36,40)(H,41,42). The summed E-state index contributed by atoms with van der Waals surface area (Å²) in [5.41, 5.74) is 1.02. The molecule has 0 bridgehead atoms. The van der Waals surface area contributed by atoms with E-state index >= 15 is 0 Å². The molecule has 0 saturated carbocycles. The van der Waals surface area contributed by atoms with Crippen LogP contribution in [0.2, 0.25) is 0 Å². The molecular weight excluding hydrogens is 592 g/mol. The minimum Gasteiger partial charge on any atom is -0.480 e. The summed E-state index contributed by atoms with van der Waals surface area (Å²) in [7, 11) is 0. The van der Waals surface area contributed by atoms with Gasteiger partial charge in [0, 0.05) is 12.7 Å². The number of aliphatic carboxylic acids is 1. The zero-order chi connectivity index (χ0) is 32.1. The van der Waals surface area contributed by atoms with Gasteiger partial charge in [-0.05, 0) is 59.4 Å². The first-order valence-corrected chi connectivity index (χ1v) is 15.7. The second kappa shape index (κ2) is 13.2. The highest BCUT2D eigenvalue weighted by atomic mass is 32.2. The monoisotopic (exact) mass is 624 g/mol. The number of carboxylic acids is 1. The molecule has 2 N–H and O–H groups in total. The molecule has 45 heavy (non-hydrogen) atoms. The number of nitrogens with one attached hydrogen (secondary N) is 1. The molecule has 0 radical (unpaired) electrons. The van der Waals surface area contributed by atoms with Crippen LogP contribution in [0.15, 0.2) is 79.3 Å². The number of nitrogens with zero attached hydrogens (tertiary/aromatic N) is 5. The summed E-state index contributed by atoms with van der Waals surface area (Å²) in [6.45, 7) is 1.40. The van der Waals surface area contributed by atoms with Crippen LogP contribution in [-0.2, 0) is 33.0 Å². The lowest BCUT2D eigenvalue weighted by molar-refractivity contribution is -0.142. The van der Waals surface area contributed by atoms with Gasteiger partial charge in [0.1, 0.15) is 18.1 Å². The van der Waals surface area contributed by atoms with Crippen molar-refractivity contribution in [3.8, 4) is 6.07 Å². The molecule has 1 fully saturated rings. The van der Waals surface area contributed by atoms with Crippen LogP contribution < -0.4 is 5.32 Å². The van der Waals surface area contributed by atoms with Gasteiger partial charge >= 0.3 is 12.0 Å². The zero-order valence-electron chi connectivity index (χ0n) is 24.8. The fourth-order valence-electron chi connectivity index (χ4n) is 5.62. The maximum atomic E-state index is 14.4. The molecule has 2 unspecified atom stereocenters. The quantitative estimate of drug-likeness (QED) is 0.225. The molecule has 3 aromatic carbocycles. The van der Waals surface area contributed by atoms with Gasteiger partial charge in [-0.1, -0.05) is 54.6 Å². The summed E-state index contributed by atoms with van der Waals surface area (Å²) in [6, 6.07) is 20.4. The second-order valence-corrected chi connectivity index (χ2v) is 11.9. The van der Waals surface area contributed by atoms with Crippen LogP contribution >= 0.6 is 11.8 Å². The summed E-state index contributed by atoms with van der Waals surface area (Å²) in [4.78, 5) is 60.2. The zero-order valence-corrected chi connectivity index (χ0v) is 25.7. The number of benzene rings is 3. The Morgan fingerprint density at radius 1 is 1.07 bits per heavy atom. The lowest BCUT2D eigenvalue weighted by Gasteiger charge is -2.33. The van der Waals surface area contributed by atoms with Crippen LogP contribution in [0.1, 0.15) is 35.7 Å². The molecule has 12 heteroatoms. The lowest BCUT2D eigenvalue weighted by atomic mass is 9.86. The van der Waals surface area contributed by atoms with E-state index in [1.54, 1.807) is 43.7 Å². The van der Waals surface area contributed by atoms with E-state index in [0.717, 1.165) is 21.2 Å². The van der Waals surface area contributed by atoms with Gasteiger partial charge in [0.2, 0.25) is 5.91 Å². The van der Waals surface area contributed by atoms with Gasteiger partial charge in [0.05, 0.1) is 30.2 Å². The number of carboxylic acid groups (broad SMARTS) is 1. The Bertz CT molecular complexity index is 1790. The summed E-state index contributed by atoms with van der Waals surface area (Å²) in [5.74, 6) is -1.84. The van der Waals surface area contributed by atoms with Gasteiger partial charge in [-0.3, -0.25) is 19.4 Å². The predicted octanol–water partition coefficient (Wildman–Crippen LogP) is 3.96. The van der Waals surface area contributed by atoms with E-state index in [0.29, 0.717) is 29.1 Å². The van der Waals surface area contributed by atoms with Gasteiger partial charge in [-0.15, -0.1) is 0 Å². The van der Waals surface area contributed by atoms with Crippen LogP contribution in [0.5, 0.6) is 0 Å². The molecule has 0 spiro atoms. The molecule has 11 nitrogen and oxygen atoms in total. The minimum atomic E-state index is -1.56. The number of fused-ring (bicyclic) bond motifs is 1. The van der Waals surface area contributed by atoms with Crippen LogP contribution in [0, 0.1) is 11.3 Å². The fourth-order valence-corrected chi connectivity index (χ4v) is 6.09. The predicted molar refractivity (Wildman–Crippen MR) is 169 cm³/mol. The number of rotatable bonds is 12. The Morgan fingerprint density at radius 2 is 1.80 bits per heavy atom. The van der Waals surface area contributed by atoms with Crippen molar-refractivity contribution in [2.24, 2.45) is 0 Å². The minimum absolute atomic E-state index is 0.0993. The van der Waals surface area contributed by atoms with Crippen LogP contribution in [-0.4, -0.2) is 72.9 Å². The van der Waals surface area contributed by atoms with Crippen molar-refractivity contribution in [1.82, 2.24) is 24.7 Å². The molecule has 1 aliphatic rings. The third-order valence-corrected chi connectivity index (χ3v) is 8.72. The Kier molecular flexibility index (Phi) is 9.20. The Labute approximate surface area is 264 Å². The summed E-state index contributed by atoms with van der Waals surface area (Å²) in [5, 5.41) is 22.9. The highest BCUT2D eigenvalue weighted by Gasteiger charge is 2.56. The number of hydrogen-bond acceptors (Lipinski definition) is 7. The molecule has 2 atom stereocenters. The van der Waals surface area contributed by atoms with Crippen LogP contribution in [0.3, 0.4) is 0 Å². The second-order valence-electron chi connectivity index (χ2n) is 10.9. The summed E-state index contributed by atoms with van der Waals surface area (Å²) < 4.78 is 1.82. The topological polar surface area (TPSA) is 149 Å². The normalized spacial score (nSPS) is 17.0. The number of nitriles is 1. The third-order valence-electron chi connectivity index (χ3n) is 8.08. The first-order chi connectivity index (χ1) is 21.7. The maximum Gasteiger partial charge on any atom is 0.328 e. The molecule has 1 aliphatic heterocycles. The van der Waals surface area contributed by atoms with Crippen molar-refractivity contribution in [2.75, 3.05) is 18.6 Å². The number of imidazole rings is 1. The lowest BCUT2D eigenvalue weighted by Crippen LogP contribution is -2.51. The van der Waals surface area contributed by atoms with Gasteiger partial charge in [0.15, 0.2) is 0 Å². The van der Waals surface area contributed by atoms with Crippen molar-refractivity contribution in [3.05, 3.63) is 102 Å². The molecule has 4 aromatic rings. The summed E-state index contributed by atoms with van der Waals surface area (Å²) in [6.07, 6.45) is 5.24. The Morgan fingerprint density at radius 3 is 2.51 bits per heavy atom. The van der Waals surface area contributed by atoms with Crippen molar-refractivity contribution in [3.63, 3.8) is 0 Å². The fraction of sp³-hybridized carbons (Fsp3) is 0.273. The molecule has 1 aromatic heterocycles. The molecular formula is C33H32N6O5S. The number of imide groups is 1. The van der Waals surface area contributed by atoms with Gasteiger partial charge in [0.25, 0.3) is 5.91 Å². The first kappa shape index (κ1) is 31.3. The molecule has 230 valence electrons. The van der Waals surface area contributed by atoms with Crippen molar-refractivity contribution in [2.45, 2.75) is 38.0 Å². The number of aromatic nitrogens is 2. The highest BCUT2D eigenvalue weighted by Crippen LogP contribution is 2.41. The van der Waals surface area contributed by atoms with Crippen molar-refractivity contribution >= 4 is 46.3 Å². The van der Waals surface area contributed by atoms with Gasteiger partial charge < -0.3 is 15.0 Å². The highest BCUT2D eigenvalue weighted by molar-refractivity contribution is 7.98. The smallest absolute Gasteiger partial charge is 0.328 e. The average Bonchev–Trinajstić information content (AvgIpc) is 3.55.